The molecule has 3 heterocycles. The number of fused-ring (bicyclic) bond motifs is 2. The largest absolute Gasteiger partial charge is 0.486 e. The number of morpholine rings is 1. The van der Waals surface area contributed by atoms with E-state index in [1.165, 1.54) is 0 Å². The Bertz CT molecular complexity index is 576. The minimum Gasteiger partial charge on any atom is -0.486 e. The first-order chi connectivity index (χ1) is 9.88. The molecule has 0 amide bonds. The predicted octanol–water partition coefficient (Wildman–Crippen LogP) is 0.865. The fourth-order valence-electron chi connectivity index (χ4n) is 2.68. The van der Waals surface area contributed by atoms with Gasteiger partial charge in [0.15, 0.2) is 11.5 Å². The smallest absolute Gasteiger partial charge is 0.163 e. The van der Waals surface area contributed by atoms with Gasteiger partial charge in [-0.05, 0) is 0 Å². The first-order valence-electron chi connectivity index (χ1n) is 6.98. The zero-order valence-corrected chi connectivity index (χ0v) is 11.1. The van der Waals surface area contributed by atoms with Gasteiger partial charge in [0.05, 0.1) is 24.2 Å². The average molecular weight is 275 g/mol. The van der Waals surface area contributed by atoms with Crippen LogP contribution in [0.3, 0.4) is 0 Å². The maximum absolute atomic E-state index is 5.59. The van der Waals surface area contributed by atoms with Crippen molar-refractivity contribution in [3.05, 3.63) is 18.0 Å². The molecule has 0 aliphatic carbocycles. The van der Waals surface area contributed by atoms with Gasteiger partial charge in [-0.25, -0.2) is 4.98 Å². The molecule has 6 nitrogen and oxygen atoms in total. The molecule has 4 rings (SSSR count). The SMILES string of the molecule is c1c2c(cc3[nH]c(CC4COCCN4)nc13)OCCO2. The van der Waals surface area contributed by atoms with Crippen molar-refractivity contribution >= 4 is 11.0 Å². The average Bonchev–Trinajstić information content (AvgIpc) is 2.86. The summed E-state index contributed by atoms with van der Waals surface area (Å²) in [5, 5.41) is 3.43. The summed E-state index contributed by atoms with van der Waals surface area (Å²) in [6.07, 6.45) is 0.834. The van der Waals surface area contributed by atoms with Crippen molar-refractivity contribution in [2.24, 2.45) is 0 Å². The number of H-pyrrole nitrogens is 1. The highest BCUT2D eigenvalue weighted by molar-refractivity contribution is 5.79. The molecule has 106 valence electrons. The van der Waals surface area contributed by atoms with E-state index < -0.39 is 0 Å². The molecule has 2 aliphatic heterocycles. The molecule has 20 heavy (non-hydrogen) atoms. The van der Waals surface area contributed by atoms with E-state index >= 15 is 0 Å². The number of nitrogens with one attached hydrogen (secondary N) is 2. The molecule has 0 saturated carbocycles. The van der Waals surface area contributed by atoms with Crippen molar-refractivity contribution in [1.82, 2.24) is 15.3 Å². The summed E-state index contributed by atoms with van der Waals surface area (Å²) in [5.41, 5.74) is 1.90. The molecule has 1 aromatic carbocycles. The molecule has 0 bridgehead atoms. The standard InChI is InChI=1S/C14H17N3O3/c1-2-18-8-9(15-1)5-14-16-10-6-12-13(7-11(10)17-14)20-4-3-19-12/h6-7,9,15H,1-5,8H2,(H,16,17). The Morgan fingerprint density at radius 2 is 2.00 bits per heavy atom. The van der Waals surface area contributed by atoms with Crippen LogP contribution in [0.5, 0.6) is 11.5 Å². The summed E-state index contributed by atoms with van der Waals surface area (Å²) in [6.45, 7) is 3.63. The number of ether oxygens (including phenoxy) is 3. The van der Waals surface area contributed by atoms with Gasteiger partial charge in [0.1, 0.15) is 19.0 Å². The minimum atomic E-state index is 0.325. The second kappa shape index (κ2) is 4.96. The van der Waals surface area contributed by atoms with Gasteiger partial charge in [0.25, 0.3) is 0 Å². The van der Waals surface area contributed by atoms with Crippen LogP contribution in [0.25, 0.3) is 11.0 Å². The lowest BCUT2D eigenvalue weighted by molar-refractivity contribution is 0.0765. The lowest BCUT2D eigenvalue weighted by Crippen LogP contribution is -2.42. The Balaban J connectivity index is 1.61. The molecule has 2 N–H and O–H groups in total. The van der Waals surface area contributed by atoms with E-state index in [1.54, 1.807) is 0 Å². The first-order valence-corrected chi connectivity index (χ1v) is 6.98. The summed E-state index contributed by atoms with van der Waals surface area (Å²) >= 11 is 0. The topological polar surface area (TPSA) is 68.4 Å². The van der Waals surface area contributed by atoms with Gasteiger partial charge in [-0.15, -0.1) is 0 Å². The second-order valence-corrected chi connectivity index (χ2v) is 5.13. The molecule has 2 aliphatic rings. The predicted molar refractivity (Wildman–Crippen MR) is 73.4 cm³/mol. The van der Waals surface area contributed by atoms with E-state index in [0.29, 0.717) is 19.3 Å². The molecule has 0 radical (unpaired) electrons. The van der Waals surface area contributed by atoms with Gasteiger partial charge in [-0.2, -0.15) is 0 Å². The molecule has 0 spiro atoms. The van der Waals surface area contributed by atoms with Crippen molar-refractivity contribution < 1.29 is 14.2 Å². The van der Waals surface area contributed by atoms with Gasteiger partial charge >= 0.3 is 0 Å². The Hall–Kier alpha value is -1.79. The molecule has 1 aromatic heterocycles. The van der Waals surface area contributed by atoms with Crippen LogP contribution in [0, 0.1) is 0 Å². The number of imidazole rings is 1. The fraction of sp³-hybridized carbons (Fsp3) is 0.500. The number of rotatable bonds is 2. The maximum Gasteiger partial charge on any atom is 0.163 e. The summed E-state index contributed by atoms with van der Waals surface area (Å²) in [7, 11) is 0. The number of hydrogen-bond donors (Lipinski definition) is 2. The zero-order chi connectivity index (χ0) is 13.4. The molecule has 1 unspecified atom stereocenters. The van der Waals surface area contributed by atoms with Crippen molar-refractivity contribution in [3.63, 3.8) is 0 Å². The van der Waals surface area contributed by atoms with Crippen LogP contribution in [0.4, 0.5) is 0 Å². The van der Waals surface area contributed by atoms with Crippen LogP contribution >= 0.6 is 0 Å². The summed E-state index contributed by atoms with van der Waals surface area (Å²) in [4.78, 5) is 7.98. The molecule has 1 atom stereocenters. The van der Waals surface area contributed by atoms with E-state index in [1.807, 2.05) is 12.1 Å². The molecular formula is C14H17N3O3. The van der Waals surface area contributed by atoms with Gasteiger partial charge in [-0.1, -0.05) is 0 Å². The molecule has 6 heteroatoms. The van der Waals surface area contributed by atoms with Gasteiger partial charge in [-0.3, -0.25) is 0 Å². The van der Waals surface area contributed by atoms with Gasteiger partial charge in [0.2, 0.25) is 0 Å². The third kappa shape index (κ3) is 2.21. The van der Waals surface area contributed by atoms with Crippen LogP contribution < -0.4 is 14.8 Å². The molecular weight excluding hydrogens is 258 g/mol. The Kier molecular flexibility index (Phi) is 2.97. The summed E-state index contributed by atoms with van der Waals surface area (Å²) in [5.74, 6) is 2.53. The number of benzene rings is 1. The number of aromatic nitrogens is 2. The summed E-state index contributed by atoms with van der Waals surface area (Å²) in [6, 6.07) is 4.23. The van der Waals surface area contributed by atoms with Crippen LogP contribution in [-0.4, -0.2) is 49.0 Å². The number of nitrogens with zero attached hydrogens (tertiary/aromatic N) is 1. The number of aromatic amines is 1. The first kappa shape index (κ1) is 12.0. The van der Waals surface area contributed by atoms with Crippen molar-refractivity contribution in [1.29, 1.82) is 0 Å². The molecule has 1 fully saturated rings. The molecule has 1 saturated heterocycles. The van der Waals surface area contributed by atoms with Crippen LogP contribution in [0.1, 0.15) is 5.82 Å². The van der Waals surface area contributed by atoms with E-state index in [-0.39, 0.29) is 0 Å². The zero-order valence-electron chi connectivity index (χ0n) is 11.1. The highest BCUT2D eigenvalue weighted by atomic mass is 16.6. The van der Waals surface area contributed by atoms with Gasteiger partial charge in [0, 0.05) is 31.1 Å². The quantitative estimate of drug-likeness (QED) is 0.851. The van der Waals surface area contributed by atoms with E-state index in [4.69, 9.17) is 14.2 Å². The van der Waals surface area contributed by atoms with Crippen molar-refractivity contribution in [2.45, 2.75) is 12.5 Å². The fourth-order valence-corrected chi connectivity index (χ4v) is 2.68. The van der Waals surface area contributed by atoms with E-state index in [9.17, 15) is 0 Å². The highest BCUT2D eigenvalue weighted by Crippen LogP contribution is 2.33. The third-order valence-corrected chi connectivity index (χ3v) is 3.63. The Morgan fingerprint density at radius 3 is 2.80 bits per heavy atom. The minimum absolute atomic E-state index is 0.325. The van der Waals surface area contributed by atoms with Crippen molar-refractivity contribution in [3.8, 4) is 11.5 Å². The van der Waals surface area contributed by atoms with Crippen LogP contribution in [0.2, 0.25) is 0 Å². The number of hydrogen-bond acceptors (Lipinski definition) is 5. The molecule has 2 aromatic rings. The van der Waals surface area contributed by atoms with Crippen LogP contribution in [0.15, 0.2) is 12.1 Å². The van der Waals surface area contributed by atoms with E-state index in [0.717, 1.165) is 54.5 Å². The maximum atomic E-state index is 5.59. The third-order valence-electron chi connectivity index (χ3n) is 3.63. The highest BCUT2D eigenvalue weighted by Gasteiger charge is 2.18. The monoisotopic (exact) mass is 275 g/mol. The van der Waals surface area contributed by atoms with Gasteiger partial charge < -0.3 is 24.5 Å². The normalized spacial score (nSPS) is 22.1. The Labute approximate surface area is 116 Å². The Morgan fingerprint density at radius 1 is 1.15 bits per heavy atom. The second-order valence-electron chi connectivity index (χ2n) is 5.13. The van der Waals surface area contributed by atoms with Crippen molar-refractivity contribution in [2.75, 3.05) is 33.0 Å². The lowest BCUT2D eigenvalue weighted by Gasteiger charge is -2.22. The lowest BCUT2D eigenvalue weighted by atomic mass is 10.2. The summed E-state index contributed by atoms with van der Waals surface area (Å²) < 4.78 is 16.6. The van der Waals surface area contributed by atoms with E-state index in [2.05, 4.69) is 15.3 Å². The van der Waals surface area contributed by atoms with Crippen LogP contribution in [-0.2, 0) is 11.2 Å².